The number of primary sulfonamides is 1. The van der Waals surface area contributed by atoms with Gasteiger partial charge in [0, 0.05) is 29.4 Å². The van der Waals surface area contributed by atoms with Crippen LogP contribution in [0.15, 0.2) is 42.5 Å². The summed E-state index contributed by atoms with van der Waals surface area (Å²) in [5, 5.41) is 18.8. The first-order chi connectivity index (χ1) is 14.5. The number of amides is 2. The highest BCUT2D eigenvalue weighted by Crippen LogP contribution is 2.25. The number of aryl methyl sites for hydroxylation is 1. The van der Waals surface area contributed by atoms with Gasteiger partial charge in [-0.2, -0.15) is 0 Å². The number of nitro groups is 1. The van der Waals surface area contributed by atoms with Gasteiger partial charge in [-0.3, -0.25) is 19.7 Å². The predicted molar refractivity (Wildman–Crippen MR) is 114 cm³/mol. The number of rotatable bonds is 6. The summed E-state index contributed by atoms with van der Waals surface area (Å²) in [6, 6.07) is 9.74. The van der Waals surface area contributed by atoms with Crippen molar-refractivity contribution in [3.8, 4) is 0 Å². The summed E-state index contributed by atoms with van der Waals surface area (Å²) >= 11 is 0. The first kappa shape index (κ1) is 22.4. The van der Waals surface area contributed by atoms with Crippen LogP contribution in [0.1, 0.15) is 34.3 Å². The molecule has 1 aliphatic rings. The zero-order valence-electron chi connectivity index (χ0n) is 16.8. The van der Waals surface area contributed by atoms with Gasteiger partial charge < -0.3 is 10.2 Å². The molecular formula is C20H22N4O6S. The second-order valence-corrected chi connectivity index (χ2v) is 9.03. The van der Waals surface area contributed by atoms with Crippen LogP contribution in [0.4, 0.5) is 11.4 Å². The molecule has 11 heteroatoms. The van der Waals surface area contributed by atoms with E-state index < -0.39 is 26.9 Å². The average molecular weight is 446 g/mol. The molecule has 2 amide bonds. The minimum Gasteiger partial charge on any atom is -0.327 e. The van der Waals surface area contributed by atoms with Gasteiger partial charge in [0.05, 0.1) is 10.7 Å². The van der Waals surface area contributed by atoms with Gasteiger partial charge in [0.2, 0.25) is 15.9 Å². The Hall–Kier alpha value is -3.31. The minimum absolute atomic E-state index is 0.0772. The third-order valence-electron chi connectivity index (χ3n) is 5.02. The number of hydrogen-bond donors (Lipinski definition) is 2. The van der Waals surface area contributed by atoms with Crippen LogP contribution in [0.25, 0.3) is 0 Å². The Morgan fingerprint density at radius 2 is 2.00 bits per heavy atom. The third kappa shape index (κ3) is 5.44. The predicted octanol–water partition coefficient (Wildman–Crippen LogP) is 1.94. The van der Waals surface area contributed by atoms with E-state index in [1.54, 1.807) is 25.1 Å². The number of anilines is 1. The molecule has 3 N–H and O–H groups in total. The minimum atomic E-state index is -3.71. The van der Waals surface area contributed by atoms with E-state index >= 15 is 0 Å². The summed E-state index contributed by atoms with van der Waals surface area (Å²) < 4.78 is 22.6. The lowest BCUT2D eigenvalue weighted by Gasteiger charge is -2.24. The maximum Gasteiger partial charge on any atom is 0.272 e. The van der Waals surface area contributed by atoms with Crippen molar-refractivity contribution >= 4 is 33.2 Å². The molecule has 0 bridgehead atoms. The standard InChI is InChI=1S/C20H22N4O6S/c1-13-10-15(7-8-17(13)24(27)28)20(26)23-9-3-6-18(23)19(25)22-16-5-2-4-14(11-16)12-31(21,29)30/h2,4-5,7-8,10-11,18H,3,6,9,12H2,1H3,(H,22,25)(H2,21,29,30). The molecule has 2 aromatic carbocycles. The van der Waals surface area contributed by atoms with Crippen LogP contribution in [-0.2, 0) is 20.6 Å². The number of benzene rings is 2. The van der Waals surface area contributed by atoms with E-state index in [2.05, 4.69) is 5.32 Å². The van der Waals surface area contributed by atoms with Gasteiger partial charge in [-0.15, -0.1) is 0 Å². The lowest BCUT2D eigenvalue weighted by Crippen LogP contribution is -2.43. The van der Waals surface area contributed by atoms with Gasteiger partial charge in [0.15, 0.2) is 0 Å². The van der Waals surface area contributed by atoms with Crippen LogP contribution >= 0.6 is 0 Å². The molecule has 3 rings (SSSR count). The van der Waals surface area contributed by atoms with Gasteiger partial charge >= 0.3 is 0 Å². The Morgan fingerprint density at radius 3 is 2.65 bits per heavy atom. The number of nitrogens with two attached hydrogens (primary N) is 1. The molecular weight excluding hydrogens is 424 g/mol. The normalized spacial score (nSPS) is 16.2. The lowest BCUT2D eigenvalue weighted by atomic mass is 10.1. The number of nitro benzene ring substituents is 1. The topological polar surface area (TPSA) is 153 Å². The molecule has 0 saturated carbocycles. The fraction of sp³-hybridized carbons (Fsp3) is 0.300. The van der Waals surface area contributed by atoms with Crippen LogP contribution in [0, 0.1) is 17.0 Å². The van der Waals surface area contributed by atoms with E-state index in [1.165, 1.54) is 29.2 Å². The van der Waals surface area contributed by atoms with Crippen LogP contribution in [0.2, 0.25) is 0 Å². The zero-order chi connectivity index (χ0) is 22.8. The van der Waals surface area contributed by atoms with Gasteiger partial charge in [0.1, 0.15) is 6.04 Å². The summed E-state index contributed by atoms with van der Waals surface area (Å²) in [5.74, 6) is -1.12. The molecule has 31 heavy (non-hydrogen) atoms. The quantitative estimate of drug-likeness (QED) is 0.511. The maximum atomic E-state index is 13.0. The molecule has 2 aromatic rings. The van der Waals surface area contributed by atoms with E-state index in [9.17, 15) is 28.1 Å². The van der Waals surface area contributed by atoms with Crippen molar-refractivity contribution < 1.29 is 22.9 Å². The number of hydrogen-bond acceptors (Lipinski definition) is 6. The van der Waals surface area contributed by atoms with E-state index in [1.807, 2.05) is 0 Å². The molecule has 0 spiro atoms. The summed E-state index contributed by atoms with van der Waals surface area (Å²) in [5.41, 5.74) is 1.39. The van der Waals surface area contributed by atoms with E-state index in [-0.39, 0.29) is 22.9 Å². The second kappa shape index (κ2) is 8.82. The Balaban J connectivity index is 1.75. The molecule has 1 atom stereocenters. The smallest absolute Gasteiger partial charge is 0.272 e. The van der Waals surface area contributed by atoms with E-state index in [0.29, 0.717) is 36.2 Å². The Kier molecular flexibility index (Phi) is 6.37. The highest BCUT2D eigenvalue weighted by Gasteiger charge is 2.35. The monoisotopic (exact) mass is 446 g/mol. The van der Waals surface area contributed by atoms with Crippen molar-refractivity contribution in [2.24, 2.45) is 5.14 Å². The van der Waals surface area contributed by atoms with Crippen molar-refractivity contribution in [3.63, 3.8) is 0 Å². The van der Waals surface area contributed by atoms with E-state index in [4.69, 9.17) is 5.14 Å². The highest BCUT2D eigenvalue weighted by atomic mass is 32.2. The molecule has 0 radical (unpaired) electrons. The Labute approximate surface area is 179 Å². The molecule has 1 aliphatic heterocycles. The third-order valence-corrected chi connectivity index (χ3v) is 5.75. The summed E-state index contributed by atoms with van der Waals surface area (Å²) in [6.07, 6.45) is 1.11. The number of carbonyl (C=O) groups excluding carboxylic acids is 2. The van der Waals surface area contributed by atoms with Gasteiger partial charge in [-0.1, -0.05) is 12.1 Å². The van der Waals surface area contributed by atoms with Gasteiger partial charge in [0.25, 0.3) is 11.6 Å². The van der Waals surface area contributed by atoms with Gasteiger partial charge in [-0.25, -0.2) is 13.6 Å². The highest BCUT2D eigenvalue weighted by molar-refractivity contribution is 7.88. The maximum absolute atomic E-state index is 13.0. The van der Waals surface area contributed by atoms with Crippen molar-refractivity contribution in [2.45, 2.75) is 31.6 Å². The van der Waals surface area contributed by atoms with Crippen LogP contribution in [-0.4, -0.2) is 42.6 Å². The van der Waals surface area contributed by atoms with Crippen LogP contribution in [0.3, 0.4) is 0 Å². The van der Waals surface area contributed by atoms with Crippen molar-refractivity contribution in [2.75, 3.05) is 11.9 Å². The van der Waals surface area contributed by atoms with Gasteiger partial charge in [-0.05, 0) is 49.6 Å². The molecule has 0 aliphatic carbocycles. The fourth-order valence-electron chi connectivity index (χ4n) is 3.64. The largest absolute Gasteiger partial charge is 0.327 e. The molecule has 0 aromatic heterocycles. The first-order valence-electron chi connectivity index (χ1n) is 9.51. The molecule has 1 unspecified atom stereocenters. The second-order valence-electron chi connectivity index (χ2n) is 7.41. The summed E-state index contributed by atoms with van der Waals surface area (Å²) in [4.78, 5) is 37.7. The Morgan fingerprint density at radius 1 is 1.26 bits per heavy atom. The van der Waals surface area contributed by atoms with Crippen molar-refractivity contribution in [1.29, 1.82) is 0 Å². The van der Waals surface area contributed by atoms with Crippen LogP contribution in [0.5, 0.6) is 0 Å². The number of sulfonamides is 1. The molecule has 164 valence electrons. The molecule has 1 heterocycles. The number of nitrogens with zero attached hydrogens (tertiary/aromatic N) is 2. The van der Waals surface area contributed by atoms with Crippen molar-refractivity contribution in [3.05, 3.63) is 69.3 Å². The zero-order valence-corrected chi connectivity index (χ0v) is 17.6. The average Bonchev–Trinajstić information content (AvgIpc) is 3.16. The molecule has 10 nitrogen and oxygen atoms in total. The first-order valence-corrected chi connectivity index (χ1v) is 11.2. The summed E-state index contributed by atoms with van der Waals surface area (Å²) in [6.45, 7) is 1.94. The molecule has 1 saturated heterocycles. The molecule has 1 fully saturated rings. The van der Waals surface area contributed by atoms with Crippen LogP contribution < -0.4 is 10.5 Å². The summed E-state index contributed by atoms with van der Waals surface area (Å²) in [7, 11) is -3.71. The Bertz CT molecular complexity index is 1150. The number of nitrogens with one attached hydrogen (secondary N) is 1. The SMILES string of the molecule is Cc1cc(C(=O)N2CCCC2C(=O)Nc2cccc(CS(N)(=O)=O)c2)ccc1[N+](=O)[O-]. The number of likely N-dealkylation sites (tertiary alicyclic amines) is 1. The fourth-order valence-corrected chi connectivity index (χ4v) is 4.28. The lowest BCUT2D eigenvalue weighted by molar-refractivity contribution is -0.385. The number of carbonyl (C=O) groups is 2. The van der Waals surface area contributed by atoms with E-state index in [0.717, 1.165) is 0 Å². The van der Waals surface area contributed by atoms with Crippen molar-refractivity contribution in [1.82, 2.24) is 4.90 Å².